The first-order valence-electron chi connectivity index (χ1n) is 9.72. The lowest BCUT2D eigenvalue weighted by molar-refractivity contribution is 0.729. The SMILES string of the molecule is C=C(CCC(=C)C(C)C(=C)C1=CC2=CCCC2C=C1)Cc1ccccc1. The van der Waals surface area contributed by atoms with Gasteiger partial charge in [0.25, 0.3) is 0 Å². The standard InChI is InChI=1S/C26H30/c1-19(17-23-9-6-5-7-10-23)13-14-20(2)21(3)22(4)25-16-15-24-11-8-12-26(24)18-25/h5-7,9-10,12,15-16,18,21,24H,1-2,4,8,11,13-14,17H2,3H3. The van der Waals surface area contributed by atoms with Gasteiger partial charge in [-0.2, -0.15) is 0 Å². The highest BCUT2D eigenvalue weighted by Crippen LogP contribution is 2.36. The molecule has 0 saturated heterocycles. The fourth-order valence-electron chi connectivity index (χ4n) is 3.79. The fourth-order valence-corrected chi connectivity index (χ4v) is 3.79. The number of rotatable bonds is 8. The second-order valence-corrected chi connectivity index (χ2v) is 7.66. The minimum Gasteiger partial charge on any atom is -0.0995 e. The molecule has 0 fully saturated rings. The summed E-state index contributed by atoms with van der Waals surface area (Å²) < 4.78 is 0. The summed E-state index contributed by atoms with van der Waals surface area (Å²) in [5.41, 5.74) is 7.78. The Hall–Kier alpha value is -2.34. The van der Waals surface area contributed by atoms with E-state index in [0.29, 0.717) is 11.8 Å². The molecule has 0 radical (unpaired) electrons. The van der Waals surface area contributed by atoms with Crippen LogP contribution in [0.25, 0.3) is 0 Å². The first kappa shape index (κ1) is 18.5. The third-order valence-corrected chi connectivity index (χ3v) is 5.72. The summed E-state index contributed by atoms with van der Waals surface area (Å²) in [6.07, 6.45) is 14.7. The fraction of sp³-hybridized carbons (Fsp3) is 0.308. The van der Waals surface area contributed by atoms with Crippen molar-refractivity contribution in [2.45, 2.75) is 39.0 Å². The van der Waals surface area contributed by atoms with Gasteiger partial charge < -0.3 is 0 Å². The van der Waals surface area contributed by atoms with Crippen molar-refractivity contribution in [2.75, 3.05) is 0 Å². The van der Waals surface area contributed by atoms with E-state index in [1.165, 1.54) is 46.3 Å². The van der Waals surface area contributed by atoms with Crippen molar-refractivity contribution in [1.29, 1.82) is 0 Å². The molecule has 0 spiro atoms. The Morgan fingerprint density at radius 3 is 2.65 bits per heavy atom. The van der Waals surface area contributed by atoms with E-state index in [-0.39, 0.29) is 0 Å². The Morgan fingerprint density at radius 2 is 1.88 bits per heavy atom. The molecule has 2 aliphatic carbocycles. The number of allylic oxidation sites excluding steroid dienone is 9. The molecule has 1 aromatic rings. The highest BCUT2D eigenvalue weighted by Gasteiger charge is 2.21. The Labute approximate surface area is 159 Å². The highest BCUT2D eigenvalue weighted by molar-refractivity contribution is 5.51. The van der Waals surface area contributed by atoms with Gasteiger partial charge in [-0.3, -0.25) is 0 Å². The lowest BCUT2D eigenvalue weighted by Crippen LogP contribution is -2.07. The molecule has 0 N–H and O–H groups in total. The summed E-state index contributed by atoms with van der Waals surface area (Å²) in [5, 5.41) is 0. The Morgan fingerprint density at radius 1 is 1.12 bits per heavy atom. The normalized spacial score (nSPS) is 19.3. The number of fused-ring (bicyclic) bond motifs is 1. The van der Waals surface area contributed by atoms with Crippen LogP contribution >= 0.6 is 0 Å². The van der Waals surface area contributed by atoms with E-state index >= 15 is 0 Å². The first-order chi connectivity index (χ1) is 12.5. The maximum Gasteiger partial charge on any atom is 0.00213 e. The van der Waals surface area contributed by atoms with E-state index in [0.717, 1.165) is 19.3 Å². The molecule has 3 rings (SSSR count). The third kappa shape index (κ3) is 4.43. The molecule has 0 nitrogen and oxygen atoms in total. The van der Waals surface area contributed by atoms with E-state index in [2.05, 4.69) is 81.3 Å². The van der Waals surface area contributed by atoms with Crippen molar-refractivity contribution in [3.8, 4) is 0 Å². The van der Waals surface area contributed by atoms with E-state index in [1.54, 1.807) is 0 Å². The molecule has 2 unspecified atom stereocenters. The van der Waals surface area contributed by atoms with Crippen LogP contribution in [0.4, 0.5) is 0 Å². The van der Waals surface area contributed by atoms with Gasteiger partial charge in [0.05, 0.1) is 0 Å². The number of hydrogen-bond donors (Lipinski definition) is 0. The molecule has 0 heteroatoms. The van der Waals surface area contributed by atoms with E-state index in [1.807, 2.05) is 0 Å². The first-order valence-corrected chi connectivity index (χ1v) is 9.72. The third-order valence-electron chi connectivity index (χ3n) is 5.72. The second-order valence-electron chi connectivity index (χ2n) is 7.66. The quantitative estimate of drug-likeness (QED) is 0.440. The lowest BCUT2D eigenvalue weighted by atomic mass is 9.83. The van der Waals surface area contributed by atoms with Crippen LogP contribution in [0, 0.1) is 11.8 Å². The molecular formula is C26H30. The van der Waals surface area contributed by atoms with Crippen LogP contribution in [0.15, 0.2) is 102 Å². The Balaban J connectivity index is 1.52. The smallest absolute Gasteiger partial charge is 0.00213 e. The van der Waals surface area contributed by atoms with Crippen LogP contribution in [0.5, 0.6) is 0 Å². The van der Waals surface area contributed by atoms with Gasteiger partial charge in [0.1, 0.15) is 0 Å². The van der Waals surface area contributed by atoms with Gasteiger partial charge >= 0.3 is 0 Å². The van der Waals surface area contributed by atoms with E-state index in [9.17, 15) is 0 Å². The maximum absolute atomic E-state index is 4.38. The van der Waals surface area contributed by atoms with E-state index in [4.69, 9.17) is 0 Å². The molecule has 0 heterocycles. The molecule has 2 aliphatic rings. The van der Waals surface area contributed by atoms with Crippen molar-refractivity contribution in [3.63, 3.8) is 0 Å². The lowest BCUT2D eigenvalue weighted by Gasteiger charge is -2.22. The zero-order valence-electron chi connectivity index (χ0n) is 16.0. The van der Waals surface area contributed by atoms with Crippen molar-refractivity contribution < 1.29 is 0 Å². The second kappa shape index (κ2) is 8.36. The van der Waals surface area contributed by atoms with E-state index < -0.39 is 0 Å². The van der Waals surface area contributed by atoms with Crippen LogP contribution in [0.3, 0.4) is 0 Å². The maximum atomic E-state index is 4.38. The topological polar surface area (TPSA) is 0 Å². The molecule has 26 heavy (non-hydrogen) atoms. The molecule has 0 bridgehead atoms. The van der Waals surface area contributed by atoms with Crippen molar-refractivity contribution in [2.24, 2.45) is 11.8 Å². The summed E-state index contributed by atoms with van der Waals surface area (Å²) in [6.45, 7) is 15.2. The molecule has 0 saturated carbocycles. The zero-order chi connectivity index (χ0) is 18.5. The van der Waals surface area contributed by atoms with Crippen LogP contribution in [-0.4, -0.2) is 0 Å². The van der Waals surface area contributed by atoms with Gasteiger partial charge in [0.2, 0.25) is 0 Å². The van der Waals surface area contributed by atoms with Gasteiger partial charge in [-0.25, -0.2) is 0 Å². The molecule has 0 amide bonds. The van der Waals surface area contributed by atoms with Crippen LogP contribution in [0.2, 0.25) is 0 Å². The minimum atomic E-state index is 0.300. The minimum absolute atomic E-state index is 0.300. The average molecular weight is 343 g/mol. The summed E-state index contributed by atoms with van der Waals surface area (Å²) >= 11 is 0. The molecule has 0 aliphatic heterocycles. The van der Waals surface area contributed by atoms with Crippen molar-refractivity contribution in [1.82, 2.24) is 0 Å². The Kier molecular flexibility index (Phi) is 5.93. The average Bonchev–Trinajstić information content (AvgIpc) is 3.13. The van der Waals surface area contributed by atoms with Crippen molar-refractivity contribution >= 4 is 0 Å². The van der Waals surface area contributed by atoms with Gasteiger partial charge in [-0.05, 0) is 54.4 Å². The van der Waals surface area contributed by atoms with Gasteiger partial charge in [-0.1, -0.05) is 92.4 Å². The van der Waals surface area contributed by atoms with Crippen molar-refractivity contribution in [3.05, 3.63) is 108 Å². The molecule has 1 aromatic carbocycles. The summed E-state index contributed by atoms with van der Waals surface area (Å²) in [5.74, 6) is 0.931. The monoisotopic (exact) mass is 342 g/mol. The summed E-state index contributed by atoms with van der Waals surface area (Å²) in [7, 11) is 0. The summed E-state index contributed by atoms with van der Waals surface area (Å²) in [4.78, 5) is 0. The van der Waals surface area contributed by atoms with Gasteiger partial charge in [0, 0.05) is 11.8 Å². The molecule has 2 atom stereocenters. The zero-order valence-corrected chi connectivity index (χ0v) is 16.0. The van der Waals surface area contributed by atoms with Gasteiger partial charge in [-0.15, -0.1) is 0 Å². The van der Waals surface area contributed by atoms with Gasteiger partial charge in [0.15, 0.2) is 0 Å². The summed E-state index contributed by atoms with van der Waals surface area (Å²) in [6, 6.07) is 10.6. The number of hydrogen-bond acceptors (Lipinski definition) is 0. The predicted octanol–water partition coefficient (Wildman–Crippen LogP) is 7.15. The van der Waals surface area contributed by atoms with Crippen LogP contribution in [0.1, 0.15) is 38.2 Å². The molecule has 134 valence electrons. The number of benzene rings is 1. The van der Waals surface area contributed by atoms with Crippen LogP contribution in [-0.2, 0) is 6.42 Å². The highest BCUT2D eigenvalue weighted by atomic mass is 14.3. The largest absolute Gasteiger partial charge is 0.0995 e. The molecular weight excluding hydrogens is 312 g/mol. The Bertz CT molecular complexity index is 783. The predicted molar refractivity (Wildman–Crippen MR) is 114 cm³/mol. The molecule has 0 aromatic heterocycles. The van der Waals surface area contributed by atoms with Crippen LogP contribution < -0.4 is 0 Å².